The summed E-state index contributed by atoms with van der Waals surface area (Å²) in [6.07, 6.45) is 0.672. The van der Waals surface area contributed by atoms with Gasteiger partial charge in [0.1, 0.15) is 5.82 Å². The lowest BCUT2D eigenvalue weighted by atomic mass is 10.0. The maximum Gasteiger partial charge on any atom is 0.322 e. The Morgan fingerprint density at radius 3 is 2.57 bits per heavy atom. The Kier molecular flexibility index (Phi) is 6.59. The zero-order valence-electron chi connectivity index (χ0n) is 19.9. The molecule has 0 radical (unpaired) electrons. The topological polar surface area (TPSA) is 88.4 Å². The number of likely N-dealkylation sites (N-methyl/N-ethyl adjacent to an activating group) is 1. The zero-order chi connectivity index (χ0) is 24.2. The molecule has 0 aliphatic carbocycles. The molecule has 2 aromatic carbocycles. The van der Waals surface area contributed by atoms with E-state index in [0.717, 1.165) is 61.2 Å². The van der Waals surface area contributed by atoms with Gasteiger partial charge >= 0.3 is 6.03 Å². The molecule has 3 heterocycles. The number of hydrogen-bond donors (Lipinski definition) is 1. The third-order valence-electron chi connectivity index (χ3n) is 6.72. The number of rotatable bonds is 4. The highest BCUT2D eigenvalue weighted by Crippen LogP contribution is 2.30. The molecule has 0 atom stereocenters. The third-order valence-corrected chi connectivity index (χ3v) is 6.72. The van der Waals surface area contributed by atoms with Gasteiger partial charge in [-0.15, -0.1) is 0 Å². The first kappa shape index (κ1) is 22.8. The maximum absolute atomic E-state index is 13.1. The SMILES string of the molecule is CCN1CCN(c2nc(-c3ccccc3)nc3c2CN(C(=O)Nc2cccc(C#N)c2)CC3)CC1. The van der Waals surface area contributed by atoms with E-state index in [1.54, 1.807) is 29.2 Å². The number of amides is 2. The largest absolute Gasteiger partial charge is 0.354 e. The number of fused-ring (bicyclic) bond motifs is 1. The summed E-state index contributed by atoms with van der Waals surface area (Å²) in [6.45, 7) is 8.06. The molecular formula is C27H29N7O. The summed E-state index contributed by atoms with van der Waals surface area (Å²) in [4.78, 5) is 29.7. The number of hydrogen-bond acceptors (Lipinski definition) is 6. The van der Waals surface area contributed by atoms with Gasteiger partial charge in [0, 0.05) is 56.0 Å². The first-order valence-corrected chi connectivity index (χ1v) is 12.1. The van der Waals surface area contributed by atoms with E-state index in [1.165, 1.54) is 0 Å². The van der Waals surface area contributed by atoms with E-state index in [1.807, 2.05) is 30.3 Å². The molecule has 8 nitrogen and oxygen atoms in total. The standard InChI is InChI=1S/C27H29N7O/c1-2-32-13-15-33(16-14-32)26-23-19-34(27(35)29-22-10-6-7-20(17-22)18-28)12-11-24(23)30-25(31-26)21-8-4-3-5-9-21/h3-10,17H,2,11-16,19H2,1H3,(H,29,35). The summed E-state index contributed by atoms with van der Waals surface area (Å²) in [5, 5.41) is 12.1. The number of nitrogens with one attached hydrogen (secondary N) is 1. The third kappa shape index (κ3) is 4.96. The van der Waals surface area contributed by atoms with E-state index < -0.39 is 0 Å². The van der Waals surface area contributed by atoms with Crippen LogP contribution in [0.25, 0.3) is 11.4 Å². The Balaban J connectivity index is 1.43. The molecule has 0 saturated carbocycles. The minimum Gasteiger partial charge on any atom is -0.354 e. The van der Waals surface area contributed by atoms with E-state index >= 15 is 0 Å². The van der Waals surface area contributed by atoms with Crippen LogP contribution in [-0.2, 0) is 13.0 Å². The molecular weight excluding hydrogens is 438 g/mol. The molecule has 0 bridgehead atoms. The Hall–Kier alpha value is -3.96. The van der Waals surface area contributed by atoms with Crippen LogP contribution in [0.5, 0.6) is 0 Å². The van der Waals surface area contributed by atoms with Crippen molar-refractivity contribution in [1.29, 1.82) is 5.26 Å². The highest BCUT2D eigenvalue weighted by molar-refractivity contribution is 5.89. The molecule has 8 heteroatoms. The van der Waals surface area contributed by atoms with Crippen LogP contribution in [0, 0.1) is 11.3 Å². The highest BCUT2D eigenvalue weighted by atomic mass is 16.2. The number of nitriles is 1. The number of aromatic nitrogens is 2. The normalized spacial score (nSPS) is 15.9. The van der Waals surface area contributed by atoms with Crippen molar-refractivity contribution in [1.82, 2.24) is 19.8 Å². The van der Waals surface area contributed by atoms with Gasteiger partial charge in [0.2, 0.25) is 0 Å². The van der Waals surface area contributed by atoms with Crippen LogP contribution in [0.3, 0.4) is 0 Å². The summed E-state index contributed by atoms with van der Waals surface area (Å²) in [5.41, 5.74) is 4.18. The van der Waals surface area contributed by atoms with Gasteiger partial charge < -0.3 is 20.0 Å². The molecule has 1 saturated heterocycles. The summed E-state index contributed by atoms with van der Waals surface area (Å²) < 4.78 is 0. The van der Waals surface area contributed by atoms with Crippen molar-refractivity contribution >= 4 is 17.5 Å². The molecule has 3 aromatic rings. The molecule has 35 heavy (non-hydrogen) atoms. The van der Waals surface area contributed by atoms with Gasteiger partial charge in [-0.1, -0.05) is 43.3 Å². The average molecular weight is 468 g/mol. The van der Waals surface area contributed by atoms with Crippen molar-refractivity contribution in [2.24, 2.45) is 0 Å². The van der Waals surface area contributed by atoms with Gasteiger partial charge in [-0.05, 0) is 24.7 Å². The molecule has 2 aliphatic heterocycles. The fourth-order valence-electron chi connectivity index (χ4n) is 4.69. The smallest absolute Gasteiger partial charge is 0.322 e. The van der Waals surface area contributed by atoms with E-state index in [9.17, 15) is 4.79 Å². The second-order valence-electron chi connectivity index (χ2n) is 8.88. The number of anilines is 2. The van der Waals surface area contributed by atoms with Crippen LogP contribution in [0.4, 0.5) is 16.3 Å². The number of benzene rings is 2. The first-order valence-electron chi connectivity index (χ1n) is 12.1. The van der Waals surface area contributed by atoms with Crippen LogP contribution >= 0.6 is 0 Å². The summed E-state index contributed by atoms with van der Waals surface area (Å²) >= 11 is 0. The number of urea groups is 1. The van der Waals surface area contributed by atoms with Gasteiger partial charge in [0.15, 0.2) is 5.82 Å². The highest BCUT2D eigenvalue weighted by Gasteiger charge is 2.29. The lowest BCUT2D eigenvalue weighted by Crippen LogP contribution is -2.47. The predicted octanol–water partition coefficient (Wildman–Crippen LogP) is 3.75. The van der Waals surface area contributed by atoms with E-state index in [0.29, 0.717) is 30.8 Å². The summed E-state index contributed by atoms with van der Waals surface area (Å²) in [5.74, 6) is 1.68. The Bertz CT molecular complexity index is 1250. The van der Waals surface area contributed by atoms with E-state index in [-0.39, 0.29) is 6.03 Å². The fourth-order valence-corrected chi connectivity index (χ4v) is 4.69. The van der Waals surface area contributed by atoms with Crippen molar-refractivity contribution in [3.63, 3.8) is 0 Å². The second-order valence-corrected chi connectivity index (χ2v) is 8.88. The Morgan fingerprint density at radius 1 is 1.03 bits per heavy atom. The second kappa shape index (κ2) is 10.1. The van der Waals surface area contributed by atoms with Crippen LogP contribution in [0.15, 0.2) is 54.6 Å². The first-order chi connectivity index (χ1) is 17.1. The van der Waals surface area contributed by atoms with Crippen molar-refractivity contribution in [2.75, 3.05) is 49.5 Å². The van der Waals surface area contributed by atoms with Gasteiger partial charge in [0.25, 0.3) is 0 Å². The predicted molar refractivity (Wildman–Crippen MR) is 136 cm³/mol. The molecule has 1 aromatic heterocycles. The lowest BCUT2D eigenvalue weighted by molar-refractivity contribution is 0.205. The van der Waals surface area contributed by atoms with Gasteiger partial charge in [0.05, 0.1) is 23.9 Å². The molecule has 5 rings (SSSR count). The summed E-state index contributed by atoms with van der Waals surface area (Å²) in [7, 11) is 0. The van der Waals surface area contributed by atoms with Crippen LogP contribution in [0.1, 0.15) is 23.7 Å². The van der Waals surface area contributed by atoms with Crippen molar-refractivity contribution in [2.45, 2.75) is 19.9 Å². The fraction of sp³-hybridized carbons (Fsp3) is 0.333. The Labute approximate surface area is 205 Å². The summed E-state index contributed by atoms with van der Waals surface area (Å²) in [6, 6.07) is 19.0. The van der Waals surface area contributed by atoms with Crippen LogP contribution in [-0.4, -0.2) is 65.1 Å². The number of piperazine rings is 1. The van der Waals surface area contributed by atoms with Crippen molar-refractivity contribution in [3.8, 4) is 17.5 Å². The molecule has 1 fully saturated rings. The van der Waals surface area contributed by atoms with Crippen LogP contribution in [0.2, 0.25) is 0 Å². The molecule has 2 amide bonds. The molecule has 1 N–H and O–H groups in total. The molecule has 178 valence electrons. The molecule has 2 aliphatic rings. The van der Waals surface area contributed by atoms with E-state index in [4.69, 9.17) is 15.2 Å². The maximum atomic E-state index is 13.1. The van der Waals surface area contributed by atoms with Crippen molar-refractivity contribution in [3.05, 3.63) is 71.4 Å². The quantitative estimate of drug-likeness (QED) is 0.629. The van der Waals surface area contributed by atoms with Crippen LogP contribution < -0.4 is 10.2 Å². The monoisotopic (exact) mass is 467 g/mol. The Morgan fingerprint density at radius 2 is 1.83 bits per heavy atom. The van der Waals surface area contributed by atoms with Gasteiger partial charge in [-0.3, -0.25) is 0 Å². The van der Waals surface area contributed by atoms with Crippen molar-refractivity contribution < 1.29 is 4.79 Å². The lowest BCUT2D eigenvalue weighted by Gasteiger charge is -2.37. The van der Waals surface area contributed by atoms with Gasteiger partial charge in [-0.2, -0.15) is 5.26 Å². The van der Waals surface area contributed by atoms with E-state index in [2.05, 4.69) is 28.1 Å². The number of nitrogens with zero attached hydrogens (tertiary/aromatic N) is 6. The number of carbonyl (C=O) groups excluding carboxylic acids is 1. The minimum absolute atomic E-state index is 0.181. The molecule has 0 spiro atoms. The number of carbonyl (C=O) groups is 1. The van der Waals surface area contributed by atoms with Gasteiger partial charge in [-0.25, -0.2) is 14.8 Å². The molecule has 0 unspecified atom stereocenters. The zero-order valence-corrected chi connectivity index (χ0v) is 19.9. The minimum atomic E-state index is -0.181. The average Bonchev–Trinajstić information content (AvgIpc) is 2.92.